The van der Waals surface area contributed by atoms with E-state index in [-0.39, 0.29) is 24.6 Å². The number of allylic oxidation sites excluding steroid dienone is 4. The second-order valence-electron chi connectivity index (χ2n) is 10.4. The molecule has 0 aliphatic carbocycles. The first kappa shape index (κ1) is 26.5. The standard InChI is InChI=1S/C28H34FN5O3/c1-18(25-32-31-24-10-5-6-12-34(24)25)8-7-9-19(2)30-26(36)22-14-21-16-33(27(37)28(3,4)17-35)13-11-20(21)15-23(22)29/h7-9,14-15,35H,2,5-6,10-13,16-17H2,1,3-4H3,(H,30,36)/b9-7-,18-8+. The van der Waals surface area contributed by atoms with Crippen LogP contribution in [-0.4, -0.2) is 49.7 Å². The van der Waals surface area contributed by atoms with Crippen molar-refractivity contribution >= 4 is 17.4 Å². The summed E-state index contributed by atoms with van der Waals surface area (Å²) in [5.41, 5.74) is 1.75. The number of halogens is 1. The number of nitrogens with one attached hydrogen (secondary N) is 1. The van der Waals surface area contributed by atoms with E-state index in [1.807, 2.05) is 13.0 Å². The van der Waals surface area contributed by atoms with Gasteiger partial charge in [-0.25, -0.2) is 4.39 Å². The van der Waals surface area contributed by atoms with E-state index in [2.05, 4.69) is 26.7 Å². The number of benzene rings is 1. The lowest BCUT2D eigenvalue weighted by molar-refractivity contribution is -0.143. The Kier molecular flexibility index (Phi) is 7.73. The van der Waals surface area contributed by atoms with Gasteiger partial charge in [-0.2, -0.15) is 0 Å². The number of aliphatic hydroxyl groups excluding tert-OH is 1. The highest BCUT2D eigenvalue weighted by Crippen LogP contribution is 2.27. The number of hydrogen-bond acceptors (Lipinski definition) is 5. The molecule has 196 valence electrons. The molecule has 0 atom stereocenters. The maximum absolute atomic E-state index is 14.8. The number of nitrogens with zero attached hydrogens (tertiary/aromatic N) is 4. The number of aliphatic hydroxyl groups is 1. The number of fused-ring (bicyclic) bond motifs is 2. The van der Waals surface area contributed by atoms with Gasteiger partial charge in [0.2, 0.25) is 5.91 Å². The summed E-state index contributed by atoms with van der Waals surface area (Å²) in [7, 11) is 0. The van der Waals surface area contributed by atoms with Gasteiger partial charge in [0.25, 0.3) is 5.91 Å². The van der Waals surface area contributed by atoms with Crippen molar-refractivity contribution in [3.8, 4) is 0 Å². The zero-order valence-electron chi connectivity index (χ0n) is 21.7. The fraction of sp³-hybridized carbons (Fsp3) is 0.429. The van der Waals surface area contributed by atoms with Gasteiger partial charge in [0.1, 0.15) is 11.6 Å². The molecule has 0 fully saturated rings. The summed E-state index contributed by atoms with van der Waals surface area (Å²) in [6.45, 7) is 10.5. The average Bonchev–Trinajstić information content (AvgIpc) is 3.31. The Balaban J connectivity index is 1.42. The van der Waals surface area contributed by atoms with Crippen LogP contribution in [0.15, 0.2) is 42.6 Å². The summed E-state index contributed by atoms with van der Waals surface area (Å²) >= 11 is 0. The van der Waals surface area contributed by atoms with Crippen molar-refractivity contribution in [3.05, 3.63) is 76.8 Å². The van der Waals surface area contributed by atoms with Gasteiger partial charge in [-0.15, -0.1) is 10.2 Å². The normalized spacial score (nSPS) is 15.9. The third-order valence-electron chi connectivity index (χ3n) is 6.94. The van der Waals surface area contributed by atoms with Crippen LogP contribution in [0, 0.1) is 11.2 Å². The molecule has 2 aromatic rings. The highest BCUT2D eigenvalue weighted by molar-refractivity contribution is 5.96. The van der Waals surface area contributed by atoms with Crippen molar-refractivity contribution in [2.45, 2.75) is 59.5 Å². The van der Waals surface area contributed by atoms with E-state index in [9.17, 15) is 19.1 Å². The van der Waals surface area contributed by atoms with E-state index < -0.39 is 17.1 Å². The highest BCUT2D eigenvalue weighted by Gasteiger charge is 2.33. The van der Waals surface area contributed by atoms with Crippen LogP contribution in [-0.2, 0) is 30.7 Å². The minimum absolute atomic E-state index is 0.106. The zero-order chi connectivity index (χ0) is 26.7. The van der Waals surface area contributed by atoms with Gasteiger partial charge in [0.05, 0.1) is 17.6 Å². The van der Waals surface area contributed by atoms with Crippen LogP contribution in [0.1, 0.15) is 66.7 Å². The fourth-order valence-corrected chi connectivity index (χ4v) is 4.66. The fourth-order valence-electron chi connectivity index (χ4n) is 4.66. The Morgan fingerprint density at radius 3 is 2.73 bits per heavy atom. The van der Waals surface area contributed by atoms with E-state index >= 15 is 0 Å². The smallest absolute Gasteiger partial charge is 0.258 e. The first-order valence-electron chi connectivity index (χ1n) is 12.6. The average molecular weight is 508 g/mol. The summed E-state index contributed by atoms with van der Waals surface area (Å²) < 4.78 is 16.9. The number of aromatic nitrogens is 3. The Hall–Kier alpha value is -3.59. The molecule has 0 unspecified atom stereocenters. The quantitative estimate of drug-likeness (QED) is 0.559. The largest absolute Gasteiger partial charge is 0.395 e. The van der Waals surface area contributed by atoms with Crippen molar-refractivity contribution in [1.82, 2.24) is 25.0 Å². The van der Waals surface area contributed by atoms with Gasteiger partial charge in [-0.05, 0) is 74.9 Å². The Morgan fingerprint density at radius 2 is 1.97 bits per heavy atom. The van der Waals surface area contributed by atoms with Crippen LogP contribution in [0.3, 0.4) is 0 Å². The SMILES string of the molecule is C=C(/C=C\C=C(/C)c1nnc2n1CCCC2)NC(=O)c1cc2c(cc1F)CCN(C(=O)C(C)(C)CO)C2. The zero-order valence-corrected chi connectivity index (χ0v) is 21.7. The topological polar surface area (TPSA) is 100 Å². The van der Waals surface area contributed by atoms with E-state index in [4.69, 9.17) is 0 Å². The lowest BCUT2D eigenvalue weighted by Gasteiger charge is -2.34. The molecule has 0 spiro atoms. The van der Waals surface area contributed by atoms with Crippen molar-refractivity contribution in [2.24, 2.45) is 5.41 Å². The molecule has 37 heavy (non-hydrogen) atoms. The van der Waals surface area contributed by atoms with Crippen LogP contribution in [0.2, 0.25) is 0 Å². The Morgan fingerprint density at radius 1 is 1.19 bits per heavy atom. The maximum atomic E-state index is 14.8. The minimum Gasteiger partial charge on any atom is -0.395 e. The first-order valence-corrected chi connectivity index (χ1v) is 12.6. The number of rotatable bonds is 7. The van der Waals surface area contributed by atoms with E-state index in [1.54, 1.807) is 30.9 Å². The number of carbonyl (C=O) groups excluding carboxylic acids is 2. The molecule has 9 heteroatoms. The predicted octanol–water partition coefficient (Wildman–Crippen LogP) is 3.56. The Bertz CT molecular complexity index is 1290. The summed E-state index contributed by atoms with van der Waals surface area (Å²) in [6.07, 6.45) is 8.94. The van der Waals surface area contributed by atoms with Crippen LogP contribution in [0.4, 0.5) is 4.39 Å². The lowest BCUT2D eigenvalue weighted by Crippen LogP contribution is -2.45. The number of carbonyl (C=O) groups is 2. The molecule has 0 saturated heterocycles. The van der Waals surface area contributed by atoms with Gasteiger partial charge >= 0.3 is 0 Å². The van der Waals surface area contributed by atoms with E-state index in [0.29, 0.717) is 18.7 Å². The number of hydrogen-bond donors (Lipinski definition) is 2. The van der Waals surface area contributed by atoms with E-state index in [0.717, 1.165) is 54.2 Å². The van der Waals surface area contributed by atoms with Gasteiger partial charge in [0.15, 0.2) is 5.82 Å². The van der Waals surface area contributed by atoms with Crippen molar-refractivity contribution in [2.75, 3.05) is 13.2 Å². The highest BCUT2D eigenvalue weighted by atomic mass is 19.1. The molecule has 8 nitrogen and oxygen atoms in total. The molecule has 2 aliphatic rings. The van der Waals surface area contributed by atoms with Crippen LogP contribution in [0.5, 0.6) is 0 Å². The summed E-state index contributed by atoms with van der Waals surface area (Å²) in [6, 6.07) is 2.87. The van der Waals surface area contributed by atoms with Gasteiger partial charge in [-0.3, -0.25) is 9.59 Å². The molecule has 4 rings (SSSR count). The Labute approximate surface area is 216 Å². The maximum Gasteiger partial charge on any atom is 0.258 e. The van der Waals surface area contributed by atoms with Crippen molar-refractivity contribution < 1.29 is 19.1 Å². The number of amides is 2. The molecule has 0 bridgehead atoms. The molecular formula is C28H34FN5O3. The van der Waals surface area contributed by atoms with Gasteiger partial charge in [-0.1, -0.05) is 18.7 Å². The number of aryl methyl sites for hydroxylation is 1. The van der Waals surface area contributed by atoms with Crippen LogP contribution in [0.25, 0.3) is 5.57 Å². The summed E-state index contributed by atoms with van der Waals surface area (Å²) in [5.74, 6) is 0.438. The summed E-state index contributed by atoms with van der Waals surface area (Å²) in [4.78, 5) is 27.2. The van der Waals surface area contributed by atoms with Gasteiger partial charge < -0.3 is 19.9 Å². The third kappa shape index (κ3) is 5.72. The van der Waals surface area contributed by atoms with Crippen LogP contribution >= 0.6 is 0 Å². The van der Waals surface area contributed by atoms with Gasteiger partial charge in [0, 0.05) is 31.8 Å². The van der Waals surface area contributed by atoms with Crippen molar-refractivity contribution in [1.29, 1.82) is 0 Å². The molecule has 2 aliphatic heterocycles. The molecule has 2 N–H and O–H groups in total. The van der Waals surface area contributed by atoms with Crippen LogP contribution < -0.4 is 5.32 Å². The predicted molar refractivity (Wildman–Crippen MR) is 139 cm³/mol. The van der Waals surface area contributed by atoms with E-state index in [1.165, 1.54) is 12.1 Å². The molecule has 2 amide bonds. The summed E-state index contributed by atoms with van der Waals surface area (Å²) in [5, 5.41) is 20.7. The second-order valence-corrected chi connectivity index (χ2v) is 10.4. The van der Waals surface area contributed by atoms with Crippen molar-refractivity contribution in [3.63, 3.8) is 0 Å². The minimum atomic E-state index is -0.901. The molecule has 0 radical (unpaired) electrons. The first-order chi connectivity index (χ1) is 17.6. The molecule has 1 aromatic heterocycles. The lowest BCUT2D eigenvalue weighted by atomic mass is 9.90. The molecule has 3 heterocycles. The molecule has 1 aromatic carbocycles. The molecular weight excluding hydrogens is 473 g/mol. The second kappa shape index (κ2) is 10.8. The monoisotopic (exact) mass is 507 g/mol. The third-order valence-corrected chi connectivity index (χ3v) is 6.94. The molecule has 0 saturated carbocycles.